The van der Waals surface area contributed by atoms with Crippen LogP contribution in [0.3, 0.4) is 0 Å². The Kier molecular flexibility index (Phi) is 3.84. The van der Waals surface area contributed by atoms with E-state index in [4.69, 9.17) is 11.6 Å². The third kappa shape index (κ3) is 2.69. The van der Waals surface area contributed by atoms with Crippen molar-refractivity contribution in [2.24, 2.45) is 0 Å². The molecule has 2 aromatic heterocycles. The summed E-state index contributed by atoms with van der Waals surface area (Å²) in [5, 5.41) is 5.55. The zero-order chi connectivity index (χ0) is 12.3. The van der Waals surface area contributed by atoms with Crippen LogP contribution in [0.25, 0.3) is 10.2 Å². The summed E-state index contributed by atoms with van der Waals surface area (Å²) in [7, 11) is 0. The van der Waals surface area contributed by atoms with Gasteiger partial charge in [-0.3, -0.25) is 0 Å². The monoisotopic (exact) mass is 269 g/mol. The Morgan fingerprint density at radius 2 is 2.29 bits per heavy atom. The molecule has 0 bridgehead atoms. The summed E-state index contributed by atoms with van der Waals surface area (Å²) in [4.78, 5) is 8.58. The second kappa shape index (κ2) is 5.19. The van der Waals surface area contributed by atoms with Crippen LogP contribution in [0.5, 0.6) is 0 Å². The highest BCUT2D eigenvalue weighted by molar-refractivity contribution is 7.17. The van der Waals surface area contributed by atoms with E-state index in [1.165, 1.54) is 0 Å². The number of halogens is 1. The Morgan fingerprint density at radius 3 is 3.00 bits per heavy atom. The van der Waals surface area contributed by atoms with E-state index >= 15 is 0 Å². The maximum absolute atomic E-state index is 5.86. The van der Waals surface area contributed by atoms with Gasteiger partial charge in [0.1, 0.15) is 12.1 Å². The Hall–Kier alpha value is -0.870. The van der Waals surface area contributed by atoms with Gasteiger partial charge in [0, 0.05) is 11.4 Å². The molecule has 2 heterocycles. The van der Waals surface area contributed by atoms with E-state index in [0.29, 0.717) is 5.88 Å². The van der Waals surface area contributed by atoms with Crippen LogP contribution in [-0.4, -0.2) is 21.4 Å². The van der Waals surface area contributed by atoms with Crippen LogP contribution in [0.15, 0.2) is 17.8 Å². The molecular formula is C12H16ClN3S. The fourth-order valence-electron chi connectivity index (χ4n) is 1.70. The van der Waals surface area contributed by atoms with E-state index in [9.17, 15) is 0 Å². The number of thiophene rings is 1. The van der Waals surface area contributed by atoms with Gasteiger partial charge in [-0.2, -0.15) is 0 Å². The van der Waals surface area contributed by atoms with Crippen LogP contribution < -0.4 is 5.32 Å². The second-order valence-corrected chi connectivity index (χ2v) is 5.63. The van der Waals surface area contributed by atoms with Gasteiger partial charge >= 0.3 is 0 Å². The van der Waals surface area contributed by atoms with Crippen LogP contribution in [0, 0.1) is 0 Å². The minimum Gasteiger partial charge on any atom is -0.364 e. The van der Waals surface area contributed by atoms with Gasteiger partial charge in [-0.25, -0.2) is 9.97 Å². The molecule has 0 saturated carbocycles. The van der Waals surface area contributed by atoms with Crippen molar-refractivity contribution in [3.05, 3.63) is 17.8 Å². The first kappa shape index (κ1) is 12.6. The number of nitrogens with zero attached hydrogens (tertiary/aromatic N) is 2. The molecule has 1 atom stereocenters. The van der Waals surface area contributed by atoms with Gasteiger partial charge in [0.15, 0.2) is 0 Å². The zero-order valence-corrected chi connectivity index (χ0v) is 11.6. The quantitative estimate of drug-likeness (QED) is 0.837. The van der Waals surface area contributed by atoms with Crippen LogP contribution in [0.4, 0.5) is 5.82 Å². The van der Waals surface area contributed by atoms with Crippen molar-refractivity contribution < 1.29 is 0 Å². The van der Waals surface area contributed by atoms with Crippen molar-refractivity contribution in [1.29, 1.82) is 0 Å². The smallest absolute Gasteiger partial charge is 0.147 e. The third-order valence-corrected chi connectivity index (χ3v) is 4.19. The van der Waals surface area contributed by atoms with E-state index in [1.807, 2.05) is 11.4 Å². The first-order valence-corrected chi connectivity index (χ1v) is 7.12. The molecule has 0 aliphatic carbocycles. The highest BCUT2D eigenvalue weighted by Gasteiger charge is 2.22. The summed E-state index contributed by atoms with van der Waals surface area (Å²) in [6.07, 6.45) is 3.53. The molecule has 1 N–H and O–H groups in total. The number of rotatable bonds is 5. The lowest BCUT2D eigenvalue weighted by Crippen LogP contribution is -2.34. The molecule has 0 radical (unpaired) electrons. The number of hydrogen-bond donors (Lipinski definition) is 1. The predicted octanol–water partition coefficient (Wildman–Crippen LogP) is 3.90. The molecule has 5 heteroatoms. The number of anilines is 1. The van der Waals surface area contributed by atoms with Gasteiger partial charge in [-0.05, 0) is 31.2 Å². The SMILES string of the molecule is CCC(C)(CCCl)Nc1ncnc2ccsc12. The minimum atomic E-state index is -0.00692. The first-order valence-electron chi connectivity index (χ1n) is 5.71. The van der Waals surface area contributed by atoms with Gasteiger partial charge < -0.3 is 5.32 Å². The average Bonchev–Trinajstić information content (AvgIpc) is 2.78. The van der Waals surface area contributed by atoms with Gasteiger partial charge in [0.2, 0.25) is 0 Å². The molecule has 17 heavy (non-hydrogen) atoms. The molecule has 1 unspecified atom stereocenters. The summed E-state index contributed by atoms with van der Waals surface area (Å²) in [5.74, 6) is 1.56. The van der Waals surface area contributed by atoms with E-state index in [0.717, 1.165) is 28.9 Å². The fourth-order valence-corrected chi connectivity index (χ4v) is 2.91. The molecule has 3 nitrogen and oxygen atoms in total. The van der Waals surface area contributed by atoms with Gasteiger partial charge in [-0.1, -0.05) is 6.92 Å². The van der Waals surface area contributed by atoms with Crippen LogP contribution in [-0.2, 0) is 0 Å². The molecule has 0 fully saturated rings. The second-order valence-electron chi connectivity index (χ2n) is 4.34. The van der Waals surface area contributed by atoms with Crippen molar-refractivity contribution in [2.75, 3.05) is 11.2 Å². The predicted molar refractivity (Wildman–Crippen MR) is 75.1 cm³/mol. The largest absolute Gasteiger partial charge is 0.364 e. The lowest BCUT2D eigenvalue weighted by molar-refractivity contribution is 0.480. The summed E-state index contributed by atoms with van der Waals surface area (Å²) in [5.41, 5.74) is 0.990. The number of fused-ring (bicyclic) bond motifs is 1. The standard InChI is InChI=1S/C12H16ClN3S/c1-3-12(2,5-6-13)16-11-10-9(4-7-17-10)14-8-15-11/h4,7-8H,3,5-6H2,1-2H3,(H,14,15,16). The molecule has 0 saturated heterocycles. The highest BCUT2D eigenvalue weighted by atomic mass is 35.5. The molecule has 92 valence electrons. The average molecular weight is 270 g/mol. The van der Waals surface area contributed by atoms with E-state index in [2.05, 4.69) is 29.1 Å². The maximum atomic E-state index is 5.86. The summed E-state index contributed by atoms with van der Waals surface area (Å²) >= 11 is 7.52. The van der Waals surface area contributed by atoms with E-state index in [-0.39, 0.29) is 5.54 Å². The van der Waals surface area contributed by atoms with Crippen molar-refractivity contribution in [3.8, 4) is 0 Å². The highest BCUT2D eigenvalue weighted by Crippen LogP contribution is 2.29. The lowest BCUT2D eigenvalue weighted by atomic mass is 9.95. The first-order chi connectivity index (χ1) is 8.18. The van der Waals surface area contributed by atoms with Crippen molar-refractivity contribution in [2.45, 2.75) is 32.2 Å². The van der Waals surface area contributed by atoms with Crippen LogP contribution in [0.1, 0.15) is 26.7 Å². The lowest BCUT2D eigenvalue weighted by Gasteiger charge is -2.29. The Balaban J connectivity index is 2.31. The number of alkyl halides is 1. The third-order valence-electron chi connectivity index (χ3n) is 3.09. The van der Waals surface area contributed by atoms with Crippen molar-refractivity contribution in [3.63, 3.8) is 0 Å². The molecule has 0 spiro atoms. The summed E-state index contributed by atoms with van der Waals surface area (Å²) in [6, 6.07) is 2.01. The molecule has 2 rings (SSSR count). The topological polar surface area (TPSA) is 37.8 Å². The number of nitrogens with one attached hydrogen (secondary N) is 1. The molecule has 0 aliphatic rings. The Labute approximate surface area is 110 Å². The minimum absolute atomic E-state index is 0.00692. The fraction of sp³-hybridized carbons (Fsp3) is 0.500. The maximum Gasteiger partial charge on any atom is 0.147 e. The Bertz CT molecular complexity index is 499. The van der Waals surface area contributed by atoms with Crippen molar-refractivity contribution in [1.82, 2.24) is 9.97 Å². The van der Waals surface area contributed by atoms with Crippen LogP contribution >= 0.6 is 22.9 Å². The molecule has 0 aliphatic heterocycles. The molecule has 0 amide bonds. The molecule has 0 aromatic carbocycles. The van der Waals surface area contributed by atoms with Gasteiger partial charge in [0.05, 0.1) is 10.2 Å². The van der Waals surface area contributed by atoms with E-state index < -0.39 is 0 Å². The van der Waals surface area contributed by atoms with Gasteiger partial charge in [0.25, 0.3) is 0 Å². The Morgan fingerprint density at radius 1 is 1.47 bits per heavy atom. The normalized spacial score (nSPS) is 14.8. The summed E-state index contributed by atoms with van der Waals surface area (Å²) < 4.78 is 1.11. The molecular weight excluding hydrogens is 254 g/mol. The van der Waals surface area contributed by atoms with Gasteiger partial charge in [-0.15, -0.1) is 22.9 Å². The molecule has 2 aromatic rings. The van der Waals surface area contributed by atoms with Crippen molar-refractivity contribution >= 4 is 39.0 Å². The van der Waals surface area contributed by atoms with Crippen LogP contribution in [0.2, 0.25) is 0 Å². The number of hydrogen-bond acceptors (Lipinski definition) is 4. The summed E-state index contributed by atoms with van der Waals surface area (Å²) in [6.45, 7) is 4.34. The zero-order valence-electron chi connectivity index (χ0n) is 10.0. The number of aromatic nitrogens is 2. The van der Waals surface area contributed by atoms with E-state index in [1.54, 1.807) is 17.7 Å².